The Morgan fingerprint density at radius 1 is 1.00 bits per heavy atom. The monoisotopic (exact) mass is 550 g/mol. The summed E-state index contributed by atoms with van der Waals surface area (Å²) in [5, 5.41) is 15.7. The van der Waals surface area contributed by atoms with Gasteiger partial charge in [0.15, 0.2) is 0 Å². The number of nitrogens with one attached hydrogen (secondary N) is 2. The van der Waals surface area contributed by atoms with Gasteiger partial charge < -0.3 is 25.0 Å². The lowest BCUT2D eigenvalue weighted by atomic mass is 9.73. The minimum Gasteiger partial charge on any atom is -0.497 e. The summed E-state index contributed by atoms with van der Waals surface area (Å²) in [7, 11) is 0.330. The molecule has 40 heavy (non-hydrogen) atoms. The first-order valence-corrected chi connectivity index (χ1v) is 13.5. The highest BCUT2D eigenvalue weighted by atomic mass is 16.6. The number of carbonyl (C=O) groups is 4. The number of carbonyl (C=O) groups excluding carboxylic acids is 4. The summed E-state index contributed by atoms with van der Waals surface area (Å²) in [5.74, 6) is -3.31. The van der Waals surface area contributed by atoms with Crippen LogP contribution >= 0.6 is 0 Å². The first kappa shape index (κ1) is 29.2. The van der Waals surface area contributed by atoms with Crippen molar-refractivity contribution in [2.75, 3.05) is 7.05 Å². The van der Waals surface area contributed by atoms with Crippen molar-refractivity contribution in [3.05, 3.63) is 54.2 Å². The molecule has 0 radical (unpaired) electrons. The van der Waals surface area contributed by atoms with Gasteiger partial charge in [0.1, 0.15) is 23.8 Å². The van der Waals surface area contributed by atoms with Crippen LogP contribution in [0.3, 0.4) is 0 Å². The molecular formula is C28H35BN4O7. The van der Waals surface area contributed by atoms with E-state index in [0.717, 1.165) is 5.56 Å². The fraction of sp³-hybridized carbons (Fsp3) is 0.464. The van der Waals surface area contributed by atoms with E-state index in [1.54, 1.807) is 24.1 Å². The topological polar surface area (TPSA) is 147 Å². The van der Waals surface area contributed by atoms with E-state index in [9.17, 15) is 24.3 Å². The smallest absolute Gasteiger partial charge is 0.497 e. The van der Waals surface area contributed by atoms with E-state index in [2.05, 4.69) is 15.6 Å². The number of hydrogen-bond acceptors (Lipinski definition) is 9. The van der Waals surface area contributed by atoms with Gasteiger partial charge >= 0.3 is 19.1 Å². The van der Waals surface area contributed by atoms with Crippen LogP contribution in [-0.2, 0) is 23.7 Å². The van der Waals surface area contributed by atoms with Crippen molar-refractivity contribution >= 4 is 30.9 Å². The number of rotatable bonds is 9. The average molecular weight is 550 g/mol. The van der Waals surface area contributed by atoms with Gasteiger partial charge in [-0.2, -0.15) is 0 Å². The summed E-state index contributed by atoms with van der Waals surface area (Å²) >= 11 is 0. The largest absolute Gasteiger partial charge is 0.622 e. The fourth-order valence-corrected chi connectivity index (χ4v) is 5.05. The summed E-state index contributed by atoms with van der Waals surface area (Å²) in [6, 6.07) is 11.8. The summed E-state index contributed by atoms with van der Waals surface area (Å²) < 4.78 is 11.1. The van der Waals surface area contributed by atoms with Gasteiger partial charge in [0, 0.05) is 5.56 Å². The van der Waals surface area contributed by atoms with E-state index in [1.807, 2.05) is 44.2 Å². The minimum absolute atomic E-state index is 0.0251. The first-order valence-electron chi connectivity index (χ1n) is 13.5. The summed E-state index contributed by atoms with van der Waals surface area (Å²) in [6.07, 6.45) is -0.0199. The van der Waals surface area contributed by atoms with Crippen molar-refractivity contribution < 1.29 is 33.6 Å². The lowest BCUT2D eigenvalue weighted by Gasteiger charge is -2.32. The zero-order chi connectivity index (χ0) is 29.0. The Morgan fingerprint density at radius 3 is 2.20 bits per heavy atom. The van der Waals surface area contributed by atoms with Crippen molar-refractivity contribution in [1.29, 1.82) is 0 Å². The van der Waals surface area contributed by atoms with E-state index in [1.165, 1.54) is 13.0 Å². The van der Waals surface area contributed by atoms with E-state index < -0.39 is 61.0 Å². The van der Waals surface area contributed by atoms with Crippen molar-refractivity contribution in [2.24, 2.45) is 5.92 Å². The number of hydrogen-bond donors (Lipinski definition) is 3. The molecule has 2 amide bonds. The molecule has 3 heterocycles. The summed E-state index contributed by atoms with van der Waals surface area (Å²) in [4.78, 5) is 58.2. The van der Waals surface area contributed by atoms with Crippen molar-refractivity contribution in [1.82, 2.24) is 20.5 Å². The van der Waals surface area contributed by atoms with Gasteiger partial charge in [-0.15, -0.1) is 0 Å². The number of aliphatic hydroxyl groups is 1. The van der Waals surface area contributed by atoms with E-state index in [4.69, 9.17) is 9.31 Å². The SMILES string of the molecule is CC(C)C[C@H](NC(=O)[C@@H](NC(=O)c1cccc(-c2ccccc2)n1)[C@@H](C)O)B1OC(=O)[C@H]2CC[C@H](C(=O)O1)N2C. The van der Waals surface area contributed by atoms with E-state index in [-0.39, 0.29) is 11.6 Å². The third-order valence-electron chi connectivity index (χ3n) is 7.19. The van der Waals surface area contributed by atoms with Gasteiger partial charge in [-0.1, -0.05) is 50.2 Å². The van der Waals surface area contributed by atoms with Gasteiger partial charge in [-0.3, -0.25) is 24.1 Å². The van der Waals surface area contributed by atoms with Crippen molar-refractivity contribution in [2.45, 2.75) is 70.2 Å². The quantitative estimate of drug-likeness (QED) is 0.394. The molecule has 212 valence electrons. The summed E-state index contributed by atoms with van der Waals surface area (Å²) in [6.45, 7) is 5.18. The molecule has 4 rings (SSSR count). The number of amides is 2. The second kappa shape index (κ2) is 12.6. The normalized spacial score (nSPS) is 21.5. The predicted octanol–water partition coefficient (Wildman–Crippen LogP) is 1.35. The second-order valence-corrected chi connectivity index (χ2v) is 10.7. The Morgan fingerprint density at radius 2 is 1.62 bits per heavy atom. The zero-order valence-electron chi connectivity index (χ0n) is 23.1. The zero-order valence-corrected chi connectivity index (χ0v) is 23.1. The molecule has 2 bridgehead atoms. The van der Waals surface area contributed by atoms with Crippen LogP contribution in [0.25, 0.3) is 11.3 Å². The molecule has 2 fully saturated rings. The molecule has 2 aromatic rings. The Bertz CT molecular complexity index is 1220. The standard InChI is InChI=1S/C28H35BN4O7/c1-16(2)15-23(29-39-27(37)21-13-14-22(33(21)4)28(38)40-29)31-26(36)24(17(3)34)32-25(35)20-12-8-11-19(30-20)18-9-6-5-7-10-18/h5-12,16-17,21-24,34H,13-15H2,1-4H3,(H,31,36)(H,32,35)/t17-,21-,22-,23+,24+/m1/s1. The summed E-state index contributed by atoms with van der Waals surface area (Å²) in [5.41, 5.74) is 1.47. The predicted molar refractivity (Wildman–Crippen MR) is 147 cm³/mol. The number of pyridine rings is 1. The maximum atomic E-state index is 13.4. The lowest BCUT2D eigenvalue weighted by Crippen LogP contribution is -2.60. The molecule has 12 heteroatoms. The average Bonchev–Trinajstić information content (AvgIpc) is 3.34. The molecule has 3 N–H and O–H groups in total. The highest BCUT2D eigenvalue weighted by Crippen LogP contribution is 2.27. The Balaban J connectivity index is 1.50. The van der Waals surface area contributed by atoms with Gasteiger partial charge in [-0.25, -0.2) is 4.98 Å². The molecular weight excluding hydrogens is 515 g/mol. The van der Waals surface area contributed by atoms with Crippen LogP contribution in [0, 0.1) is 5.92 Å². The Kier molecular flexibility index (Phi) is 9.21. The molecule has 0 unspecified atom stereocenters. The van der Waals surface area contributed by atoms with Gasteiger partial charge in [0.2, 0.25) is 5.91 Å². The molecule has 2 aliphatic rings. The molecule has 2 saturated heterocycles. The van der Waals surface area contributed by atoms with Crippen molar-refractivity contribution in [3.8, 4) is 11.3 Å². The van der Waals surface area contributed by atoms with E-state index in [0.29, 0.717) is 25.0 Å². The van der Waals surface area contributed by atoms with E-state index >= 15 is 0 Å². The van der Waals surface area contributed by atoms with Crippen LogP contribution < -0.4 is 10.6 Å². The maximum Gasteiger partial charge on any atom is 0.622 e. The molecule has 5 atom stereocenters. The van der Waals surface area contributed by atoms with Crippen molar-refractivity contribution in [3.63, 3.8) is 0 Å². The molecule has 11 nitrogen and oxygen atoms in total. The number of aromatic nitrogens is 1. The molecule has 2 aliphatic heterocycles. The fourth-order valence-electron chi connectivity index (χ4n) is 5.05. The Hall–Kier alpha value is -3.77. The Labute approximate surface area is 233 Å². The highest BCUT2D eigenvalue weighted by molar-refractivity contribution is 6.51. The van der Waals surface area contributed by atoms with Crippen LogP contribution in [0.15, 0.2) is 48.5 Å². The third kappa shape index (κ3) is 6.68. The molecule has 0 spiro atoms. The molecule has 0 aliphatic carbocycles. The second-order valence-electron chi connectivity index (χ2n) is 10.7. The number of benzene rings is 1. The van der Waals surface area contributed by atoms with Gasteiger partial charge in [-0.05, 0) is 51.3 Å². The number of fused-ring (bicyclic) bond motifs is 2. The highest BCUT2D eigenvalue weighted by Gasteiger charge is 2.49. The van der Waals surface area contributed by atoms with Crippen LogP contribution in [0.2, 0.25) is 0 Å². The number of likely N-dealkylation sites (N-methyl/N-ethyl adjacent to an activating group) is 1. The van der Waals surface area contributed by atoms with Crippen LogP contribution in [0.4, 0.5) is 0 Å². The van der Waals surface area contributed by atoms with Crippen LogP contribution in [0.1, 0.15) is 50.5 Å². The molecule has 1 aromatic carbocycles. The third-order valence-corrected chi connectivity index (χ3v) is 7.19. The first-order chi connectivity index (χ1) is 19.0. The number of nitrogens with zero attached hydrogens (tertiary/aromatic N) is 2. The minimum atomic E-state index is -1.35. The molecule has 1 aromatic heterocycles. The number of aliphatic hydroxyl groups excluding tert-OH is 1. The van der Waals surface area contributed by atoms with Gasteiger partial charge in [0.05, 0.1) is 17.7 Å². The van der Waals surface area contributed by atoms with Crippen LogP contribution in [-0.4, -0.2) is 83.1 Å². The lowest BCUT2D eigenvalue weighted by molar-refractivity contribution is -0.151. The molecule has 0 saturated carbocycles. The van der Waals surface area contributed by atoms with Gasteiger partial charge in [0.25, 0.3) is 5.91 Å². The maximum absolute atomic E-state index is 13.4. The van der Waals surface area contributed by atoms with Crippen LogP contribution in [0.5, 0.6) is 0 Å².